The van der Waals surface area contributed by atoms with Crippen LogP contribution < -0.4 is 32.7 Å². The molecule has 0 saturated carbocycles. The van der Waals surface area contributed by atoms with Gasteiger partial charge in [0.2, 0.25) is 17.7 Å². The molecule has 2 heterocycles. The van der Waals surface area contributed by atoms with Crippen molar-refractivity contribution in [3.05, 3.63) is 18.2 Å². The number of carbonyl (C=O) groups is 4. The minimum Gasteiger partial charge on any atom is -0.480 e. The molecule has 15 nitrogen and oxygen atoms in total. The van der Waals surface area contributed by atoms with Gasteiger partial charge in [-0.1, -0.05) is 0 Å². The Morgan fingerprint density at radius 2 is 1.92 bits per heavy atom. The molecule has 1 fully saturated rings. The smallest absolute Gasteiger partial charge is 0.328 e. The summed E-state index contributed by atoms with van der Waals surface area (Å²) >= 11 is 0. The van der Waals surface area contributed by atoms with E-state index in [4.69, 9.17) is 11.5 Å². The number of hydrogen-bond acceptors (Lipinski definition) is 8. The fraction of sp³-hybridized carbons (Fsp3) is 0.619. The normalized spacial score (nSPS) is 18.3. The van der Waals surface area contributed by atoms with Gasteiger partial charge in [0, 0.05) is 24.9 Å². The highest BCUT2D eigenvalue weighted by molar-refractivity contribution is 5.94. The molecule has 36 heavy (non-hydrogen) atoms. The number of rotatable bonds is 14. The highest BCUT2D eigenvalue weighted by Crippen LogP contribution is 2.08. The molecule has 0 aromatic carbocycles. The third-order valence-corrected chi connectivity index (χ3v) is 5.61. The van der Waals surface area contributed by atoms with Gasteiger partial charge in [-0.15, -0.1) is 0 Å². The number of carbonyl (C=O) groups excluding carboxylic acids is 3. The Morgan fingerprint density at radius 1 is 1.19 bits per heavy atom. The molecule has 1 saturated heterocycles. The summed E-state index contributed by atoms with van der Waals surface area (Å²) in [4.78, 5) is 60.8. The Hall–Kier alpha value is -3.72. The van der Waals surface area contributed by atoms with E-state index in [9.17, 15) is 29.4 Å². The van der Waals surface area contributed by atoms with Crippen LogP contribution in [0, 0.1) is 0 Å². The van der Waals surface area contributed by atoms with E-state index in [1.165, 1.54) is 19.4 Å². The first kappa shape index (κ1) is 28.5. The van der Waals surface area contributed by atoms with Crippen LogP contribution in [0.2, 0.25) is 0 Å². The number of aromatic nitrogens is 2. The van der Waals surface area contributed by atoms with E-state index in [2.05, 4.69) is 36.2 Å². The Morgan fingerprint density at radius 3 is 2.47 bits per heavy atom. The van der Waals surface area contributed by atoms with Crippen molar-refractivity contribution < 1.29 is 29.4 Å². The molecular weight excluding hydrogens is 474 g/mol. The van der Waals surface area contributed by atoms with E-state index in [0.717, 1.165) is 6.42 Å². The van der Waals surface area contributed by atoms with Gasteiger partial charge in [-0.25, -0.2) is 9.78 Å². The maximum atomic E-state index is 13.2. The lowest BCUT2D eigenvalue weighted by Gasteiger charge is -2.25. The molecule has 11 N–H and O–H groups in total. The number of H-pyrrole nitrogens is 1. The van der Waals surface area contributed by atoms with Gasteiger partial charge < -0.3 is 47.9 Å². The number of amides is 3. The van der Waals surface area contributed by atoms with Gasteiger partial charge in [0.25, 0.3) is 0 Å². The van der Waals surface area contributed by atoms with Crippen molar-refractivity contribution >= 4 is 29.7 Å². The molecule has 15 heteroatoms. The maximum Gasteiger partial charge on any atom is 0.328 e. The van der Waals surface area contributed by atoms with Crippen molar-refractivity contribution in [1.82, 2.24) is 31.2 Å². The predicted molar refractivity (Wildman–Crippen MR) is 128 cm³/mol. The second-order valence-electron chi connectivity index (χ2n) is 8.57. The van der Waals surface area contributed by atoms with Gasteiger partial charge in [0.1, 0.15) is 12.1 Å². The van der Waals surface area contributed by atoms with Crippen molar-refractivity contribution in [3.8, 4) is 0 Å². The topological polar surface area (TPSA) is 250 Å². The molecule has 0 aliphatic carbocycles. The fourth-order valence-electron chi connectivity index (χ4n) is 3.69. The summed E-state index contributed by atoms with van der Waals surface area (Å²) in [5.41, 5.74) is 11.2. The average molecular weight is 510 g/mol. The number of aliphatic carboxylic acids is 1. The number of aliphatic hydroxyl groups is 1. The zero-order valence-electron chi connectivity index (χ0n) is 20.1. The fourth-order valence-corrected chi connectivity index (χ4v) is 3.69. The zero-order valence-corrected chi connectivity index (χ0v) is 20.1. The van der Waals surface area contributed by atoms with E-state index in [1.807, 2.05) is 0 Å². The van der Waals surface area contributed by atoms with E-state index < -0.39 is 48.1 Å². The van der Waals surface area contributed by atoms with Crippen molar-refractivity contribution in [2.75, 3.05) is 13.1 Å². The standard InChI is InChI=1S/C21H35N9O6/c1-11(31)16(20(35)36)30-19(34)15(8-12-9-24-10-27-12)29-18(33)14(5-3-7-26-21(22)23)28-17(32)13-4-2-6-25-13/h9-11,13-16,25,31H,2-8H2,1H3,(H,24,27)(H,28,32)(H,29,33)(H,30,34)(H,35,36)(H4,22,23,26). The van der Waals surface area contributed by atoms with Crippen LogP contribution in [-0.2, 0) is 25.6 Å². The maximum absolute atomic E-state index is 13.2. The van der Waals surface area contributed by atoms with Gasteiger partial charge in [0.05, 0.1) is 18.5 Å². The Labute approximate surface area is 207 Å². The highest BCUT2D eigenvalue weighted by Gasteiger charge is 2.32. The number of imidazole rings is 1. The van der Waals surface area contributed by atoms with Gasteiger partial charge in [0.15, 0.2) is 12.0 Å². The van der Waals surface area contributed by atoms with Crippen molar-refractivity contribution in [1.29, 1.82) is 0 Å². The SMILES string of the molecule is CC(O)C(NC(=O)C(Cc1cnc[nH]1)NC(=O)C(CCCN=C(N)N)NC(=O)C1CCCN1)C(=O)O. The van der Waals surface area contributed by atoms with Gasteiger partial charge >= 0.3 is 5.97 Å². The van der Waals surface area contributed by atoms with E-state index in [0.29, 0.717) is 25.1 Å². The van der Waals surface area contributed by atoms with Crippen LogP contribution in [-0.4, -0.2) is 93.2 Å². The second-order valence-corrected chi connectivity index (χ2v) is 8.57. The number of aliphatic imine (C=N–C) groups is 1. The molecule has 0 radical (unpaired) electrons. The molecule has 1 aromatic rings. The summed E-state index contributed by atoms with van der Waals surface area (Å²) in [6.45, 7) is 2.15. The third-order valence-electron chi connectivity index (χ3n) is 5.61. The number of nitrogens with two attached hydrogens (primary N) is 2. The highest BCUT2D eigenvalue weighted by atomic mass is 16.4. The van der Waals surface area contributed by atoms with Crippen LogP contribution in [0.3, 0.4) is 0 Å². The Kier molecular flexibility index (Phi) is 11.1. The summed E-state index contributed by atoms with van der Waals surface area (Å²) in [7, 11) is 0. The number of carboxylic acids is 1. The predicted octanol–water partition coefficient (Wildman–Crippen LogP) is -3.32. The largest absolute Gasteiger partial charge is 0.480 e. The first-order valence-corrected chi connectivity index (χ1v) is 11.7. The molecular formula is C21H35N9O6. The number of aromatic amines is 1. The summed E-state index contributed by atoms with van der Waals surface area (Å²) in [6, 6.07) is -4.23. The lowest BCUT2D eigenvalue weighted by molar-refractivity contribution is -0.145. The summed E-state index contributed by atoms with van der Waals surface area (Å²) < 4.78 is 0. The Balaban J connectivity index is 2.17. The summed E-state index contributed by atoms with van der Waals surface area (Å²) in [5, 5.41) is 29.6. The summed E-state index contributed by atoms with van der Waals surface area (Å²) in [6.07, 6.45) is 3.45. The number of nitrogens with zero attached hydrogens (tertiary/aromatic N) is 2. The second kappa shape index (κ2) is 14.0. The van der Waals surface area contributed by atoms with E-state index >= 15 is 0 Å². The number of hydrogen-bond donors (Lipinski definition) is 9. The Bertz CT molecular complexity index is 911. The molecule has 200 valence electrons. The van der Waals surface area contributed by atoms with E-state index in [-0.39, 0.29) is 31.3 Å². The molecule has 5 atom stereocenters. The van der Waals surface area contributed by atoms with Crippen LogP contribution >= 0.6 is 0 Å². The van der Waals surface area contributed by atoms with Crippen LogP contribution in [0.15, 0.2) is 17.5 Å². The van der Waals surface area contributed by atoms with Crippen molar-refractivity contribution in [2.24, 2.45) is 16.5 Å². The number of aliphatic hydroxyl groups excluding tert-OH is 1. The zero-order chi connectivity index (χ0) is 26.7. The lowest BCUT2D eigenvalue weighted by Crippen LogP contribution is -2.58. The minimum atomic E-state index is -1.58. The lowest BCUT2D eigenvalue weighted by atomic mass is 10.1. The molecule has 0 spiro atoms. The van der Waals surface area contributed by atoms with Crippen LogP contribution in [0.1, 0.15) is 38.3 Å². The molecule has 1 aliphatic heterocycles. The number of carboxylic acid groups (broad SMARTS) is 1. The first-order chi connectivity index (χ1) is 17.1. The van der Waals surface area contributed by atoms with Crippen molar-refractivity contribution in [3.63, 3.8) is 0 Å². The van der Waals surface area contributed by atoms with Crippen molar-refractivity contribution in [2.45, 2.75) is 69.3 Å². The van der Waals surface area contributed by atoms with Gasteiger partial charge in [-0.3, -0.25) is 19.4 Å². The number of nitrogens with one attached hydrogen (secondary N) is 5. The monoisotopic (exact) mass is 509 g/mol. The van der Waals surface area contributed by atoms with Crippen LogP contribution in [0.4, 0.5) is 0 Å². The first-order valence-electron chi connectivity index (χ1n) is 11.7. The molecule has 1 aliphatic rings. The average Bonchev–Trinajstić information content (AvgIpc) is 3.52. The summed E-state index contributed by atoms with van der Waals surface area (Å²) in [5.74, 6) is -3.34. The molecule has 3 amide bonds. The van der Waals surface area contributed by atoms with E-state index in [1.54, 1.807) is 0 Å². The molecule has 5 unspecified atom stereocenters. The molecule has 0 bridgehead atoms. The van der Waals surface area contributed by atoms with Crippen LogP contribution in [0.5, 0.6) is 0 Å². The van der Waals surface area contributed by atoms with Crippen LogP contribution in [0.25, 0.3) is 0 Å². The quantitative estimate of drug-likeness (QED) is 0.0685. The third kappa shape index (κ3) is 9.14. The molecule has 2 rings (SSSR count). The van der Waals surface area contributed by atoms with Gasteiger partial charge in [-0.05, 0) is 39.2 Å². The number of guanidine groups is 1. The molecule has 1 aromatic heterocycles. The minimum absolute atomic E-state index is 0.0391. The van der Waals surface area contributed by atoms with Gasteiger partial charge in [-0.2, -0.15) is 0 Å².